The predicted octanol–water partition coefficient (Wildman–Crippen LogP) is 4.87. The second-order valence-corrected chi connectivity index (χ2v) is 9.86. The van der Waals surface area contributed by atoms with Crippen LogP contribution >= 0.6 is 15.9 Å². The SMILES string of the molecule is CC[C@@H]1[C@H](c2ccc(Br)cc2)[C@@H]2CN(C(=O)Nc3ccc(OC)cc3)C[C@@H](OC(C)=O)CCN12. The van der Waals surface area contributed by atoms with E-state index in [9.17, 15) is 9.59 Å². The van der Waals surface area contributed by atoms with Gasteiger partial charge in [0, 0.05) is 48.2 Å². The molecule has 2 aromatic carbocycles. The molecule has 4 rings (SSSR count). The van der Waals surface area contributed by atoms with Crippen LogP contribution in [0, 0.1) is 0 Å². The molecule has 0 aromatic heterocycles. The van der Waals surface area contributed by atoms with E-state index in [1.807, 2.05) is 24.3 Å². The maximum absolute atomic E-state index is 13.4. The fourth-order valence-electron chi connectivity index (χ4n) is 5.29. The van der Waals surface area contributed by atoms with Gasteiger partial charge in [0.05, 0.1) is 13.7 Å². The maximum atomic E-state index is 13.4. The number of halogens is 1. The van der Waals surface area contributed by atoms with Crippen molar-refractivity contribution in [3.63, 3.8) is 0 Å². The van der Waals surface area contributed by atoms with Crippen LogP contribution in [0.4, 0.5) is 10.5 Å². The molecule has 0 bridgehead atoms. The molecule has 2 aliphatic rings. The smallest absolute Gasteiger partial charge is 0.322 e. The van der Waals surface area contributed by atoms with Crippen molar-refractivity contribution in [2.24, 2.45) is 0 Å². The molecule has 2 aliphatic heterocycles. The molecule has 0 spiro atoms. The molecule has 2 saturated heterocycles. The second kappa shape index (κ2) is 10.8. The Morgan fingerprint density at radius 2 is 1.79 bits per heavy atom. The lowest BCUT2D eigenvalue weighted by Crippen LogP contribution is -2.67. The molecule has 7 nitrogen and oxygen atoms in total. The van der Waals surface area contributed by atoms with Gasteiger partial charge < -0.3 is 19.7 Å². The zero-order valence-corrected chi connectivity index (χ0v) is 21.5. The largest absolute Gasteiger partial charge is 0.497 e. The van der Waals surface area contributed by atoms with E-state index >= 15 is 0 Å². The normalized spacial score (nSPS) is 24.8. The van der Waals surface area contributed by atoms with Gasteiger partial charge in [-0.3, -0.25) is 9.69 Å². The van der Waals surface area contributed by atoms with Crippen LogP contribution in [0.1, 0.15) is 38.2 Å². The number of nitrogens with one attached hydrogen (secondary N) is 1. The van der Waals surface area contributed by atoms with Crippen LogP contribution in [0.15, 0.2) is 53.0 Å². The van der Waals surface area contributed by atoms with Crippen molar-refractivity contribution in [3.8, 4) is 5.75 Å². The first kappa shape index (κ1) is 24.5. The van der Waals surface area contributed by atoms with E-state index in [2.05, 4.69) is 57.3 Å². The molecule has 182 valence electrons. The van der Waals surface area contributed by atoms with Crippen molar-refractivity contribution in [2.75, 3.05) is 32.1 Å². The summed E-state index contributed by atoms with van der Waals surface area (Å²) in [6.07, 6.45) is 1.39. The van der Waals surface area contributed by atoms with Crippen molar-refractivity contribution in [3.05, 3.63) is 58.6 Å². The van der Waals surface area contributed by atoms with Crippen LogP contribution in [-0.2, 0) is 9.53 Å². The Hall–Kier alpha value is -2.58. The summed E-state index contributed by atoms with van der Waals surface area (Å²) < 4.78 is 11.8. The van der Waals surface area contributed by atoms with E-state index in [0.717, 1.165) is 23.2 Å². The molecule has 1 N–H and O–H groups in total. The summed E-state index contributed by atoms with van der Waals surface area (Å²) in [5, 5.41) is 3.00. The number of benzene rings is 2. The van der Waals surface area contributed by atoms with E-state index < -0.39 is 0 Å². The second-order valence-electron chi connectivity index (χ2n) is 8.94. The molecule has 4 atom stereocenters. The minimum absolute atomic E-state index is 0.196. The lowest BCUT2D eigenvalue weighted by Gasteiger charge is -2.58. The van der Waals surface area contributed by atoms with E-state index in [4.69, 9.17) is 9.47 Å². The number of carbonyl (C=O) groups is 2. The Bertz CT molecular complexity index is 998. The Morgan fingerprint density at radius 1 is 1.09 bits per heavy atom. The van der Waals surface area contributed by atoms with Gasteiger partial charge in [-0.2, -0.15) is 0 Å². The summed E-state index contributed by atoms with van der Waals surface area (Å²) >= 11 is 3.53. The predicted molar refractivity (Wildman–Crippen MR) is 135 cm³/mol. The van der Waals surface area contributed by atoms with Crippen LogP contribution in [-0.4, -0.2) is 66.7 Å². The summed E-state index contributed by atoms with van der Waals surface area (Å²) in [4.78, 5) is 29.3. The molecule has 8 heteroatoms. The molecule has 0 aliphatic carbocycles. The topological polar surface area (TPSA) is 71.1 Å². The summed E-state index contributed by atoms with van der Waals surface area (Å²) in [6, 6.07) is 16.2. The average Bonchev–Trinajstić information content (AvgIpc) is 2.80. The summed E-state index contributed by atoms with van der Waals surface area (Å²) in [5.74, 6) is 0.757. The van der Waals surface area contributed by atoms with Gasteiger partial charge in [0.1, 0.15) is 11.9 Å². The van der Waals surface area contributed by atoms with Crippen molar-refractivity contribution >= 4 is 33.6 Å². The number of carbonyl (C=O) groups excluding carboxylic acids is 2. The molecule has 0 saturated carbocycles. The van der Waals surface area contributed by atoms with E-state index in [1.54, 1.807) is 12.0 Å². The summed E-state index contributed by atoms with van der Waals surface area (Å²) in [7, 11) is 1.61. The number of esters is 1. The van der Waals surface area contributed by atoms with Gasteiger partial charge in [0.15, 0.2) is 0 Å². The van der Waals surface area contributed by atoms with Gasteiger partial charge >= 0.3 is 12.0 Å². The Balaban J connectivity index is 1.56. The van der Waals surface area contributed by atoms with Gasteiger partial charge in [0.25, 0.3) is 0 Å². The molecule has 2 fully saturated rings. The number of hydrogen-bond donors (Lipinski definition) is 1. The number of amides is 2. The maximum Gasteiger partial charge on any atom is 0.322 e. The Kier molecular flexibility index (Phi) is 7.78. The third-order valence-electron chi connectivity index (χ3n) is 6.86. The highest BCUT2D eigenvalue weighted by Gasteiger charge is 2.49. The molecule has 34 heavy (non-hydrogen) atoms. The van der Waals surface area contributed by atoms with Gasteiger partial charge in [-0.1, -0.05) is 35.0 Å². The monoisotopic (exact) mass is 529 g/mol. The first-order valence-corrected chi connectivity index (χ1v) is 12.6. The number of fused-ring (bicyclic) bond motifs is 1. The summed E-state index contributed by atoms with van der Waals surface area (Å²) in [5.41, 5.74) is 1.99. The van der Waals surface area contributed by atoms with Crippen LogP contribution in [0.5, 0.6) is 5.75 Å². The minimum Gasteiger partial charge on any atom is -0.497 e. The van der Waals surface area contributed by atoms with Crippen molar-refractivity contribution in [1.82, 2.24) is 9.80 Å². The molecule has 2 heterocycles. The fourth-order valence-corrected chi connectivity index (χ4v) is 5.55. The van der Waals surface area contributed by atoms with Gasteiger partial charge in [-0.25, -0.2) is 4.79 Å². The molecule has 2 aromatic rings. The van der Waals surface area contributed by atoms with E-state index in [-0.39, 0.29) is 24.1 Å². The van der Waals surface area contributed by atoms with Crippen LogP contribution in [0.25, 0.3) is 0 Å². The van der Waals surface area contributed by atoms with Crippen LogP contribution in [0.2, 0.25) is 0 Å². The molecular weight excluding hydrogens is 498 g/mol. The third kappa shape index (κ3) is 5.39. The lowest BCUT2D eigenvalue weighted by molar-refractivity contribution is -0.149. The van der Waals surface area contributed by atoms with Crippen molar-refractivity contribution in [2.45, 2.75) is 50.8 Å². The minimum atomic E-state index is -0.329. The van der Waals surface area contributed by atoms with Crippen LogP contribution < -0.4 is 10.1 Å². The van der Waals surface area contributed by atoms with E-state index in [0.29, 0.717) is 37.2 Å². The number of ether oxygens (including phenoxy) is 2. The number of hydrogen-bond acceptors (Lipinski definition) is 5. The highest BCUT2D eigenvalue weighted by Crippen LogP contribution is 2.44. The molecule has 0 unspecified atom stereocenters. The fraction of sp³-hybridized carbons (Fsp3) is 0.462. The van der Waals surface area contributed by atoms with E-state index in [1.165, 1.54) is 12.5 Å². The Labute approximate surface area is 209 Å². The van der Waals surface area contributed by atoms with Crippen molar-refractivity contribution < 1.29 is 19.1 Å². The standard InChI is InChI=1S/C26H32BrN3O4/c1-4-23-25(18-5-7-19(27)8-6-18)24-16-29(15-22(34-17(2)31)13-14-30(23)24)26(32)28-20-9-11-21(33-3)12-10-20/h5-12,22-25H,4,13-16H2,1-3H3,(H,28,32)/t22-,23+,24-,25-/m0/s1. The molecule has 2 amide bonds. The van der Waals surface area contributed by atoms with Gasteiger partial charge in [-0.15, -0.1) is 0 Å². The average molecular weight is 530 g/mol. The quantitative estimate of drug-likeness (QED) is 0.559. The number of methoxy groups -OCH3 is 1. The first-order valence-electron chi connectivity index (χ1n) is 11.8. The number of urea groups is 1. The molecular formula is C26H32BrN3O4. The number of nitrogens with zero attached hydrogens (tertiary/aromatic N) is 2. The first-order chi connectivity index (χ1) is 16.4. The lowest BCUT2D eigenvalue weighted by atomic mass is 9.73. The number of rotatable bonds is 5. The third-order valence-corrected chi connectivity index (χ3v) is 7.38. The number of anilines is 1. The molecule has 0 radical (unpaired) electrons. The zero-order chi connectivity index (χ0) is 24.2. The van der Waals surface area contributed by atoms with Crippen molar-refractivity contribution in [1.29, 1.82) is 0 Å². The van der Waals surface area contributed by atoms with Crippen LogP contribution in [0.3, 0.4) is 0 Å². The summed E-state index contributed by atoms with van der Waals surface area (Å²) in [6.45, 7) is 5.42. The van der Waals surface area contributed by atoms with Gasteiger partial charge in [0.2, 0.25) is 0 Å². The highest BCUT2D eigenvalue weighted by atomic mass is 79.9. The Morgan fingerprint density at radius 3 is 2.41 bits per heavy atom. The highest BCUT2D eigenvalue weighted by molar-refractivity contribution is 9.10. The zero-order valence-electron chi connectivity index (χ0n) is 19.9. The van der Waals surface area contributed by atoms with Gasteiger partial charge in [-0.05, 0) is 54.8 Å².